The fourth-order valence-electron chi connectivity index (χ4n) is 2.30. The van der Waals surface area contributed by atoms with E-state index in [-0.39, 0.29) is 18.4 Å². The number of carbonyl (C=O) groups excluding carboxylic acids is 1. The Hall–Kier alpha value is -1.51. The van der Waals surface area contributed by atoms with E-state index >= 15 is 0 Å². The van der Waals surface area contributed by atoms with Gasteiger partial charge in [-0.25, -0.2) is 0 Å². The molecule has 0 bridgehead atoms. The Labute approximate surface area is 123 Å². The predicted molar refractivity (Wildman–Crippen MR) is 78.3 cm³/mol. The van der Waals surface area contributed by atoms with Crippen LogP contribution in [0.2, 0.25) is 0 Å². The van der Waals surface area contributed by atoms with Gasteiger partial charge in [0.25, 0.3) is 0 Å². The molecule has 1 amide bonds. The Morgan fingerprint density at radius 1 is 1.45 bits per heavy atom. The van der Waals surface area contributed by atoms with Gasteiger partial charge >= 0.3 is 0 Å². The zero-order chi connectivity index (χ0) is 14.4. The third-order valence-corrected chi connectivity index (χ3v) is 4.47. The predicted octanol–water partition coefficient (Wildman–Crippen LogP) is 1.88. The van der Waals surface area contributed by atoms with Crippen molar-refractivity contribution in [1.29, 1.82) is 5.26 Å². The van der Waals surface area contributed by atoms with Crippen molar-refractivity contribution in [3.8, 4) is 6.07 Å². The molecule has 0 saturated carbocycles. The molecule has 1 unspecified atom stereocenters. The summed E-state index contributed by atoms with van der Waals surface area (Å²) >= 11 is 1.49. The molecule has 5 heteroatoms. The third kappa shape index (κ3) is 3.99. The summed E-state index contributed by atoms with van der Waals surface area (Å²) in [6.45, 7) is 1.62. The Morgan fingerprint density at radius 3 is 2.85 bits per heavy atom. The molecule has 1 aromatic rings. The second-order valence-electron chi connectivity index (χ2n) is 4.96. The average Bonchev–Trinajstić information content (AvgIpc) is 2.53. The summed E-state index contributed by atoms with van der Waals surface area (Å²) in [5.41, 5.74) is 0.627. The summed E-state index contributed by atoms with van der Waals surface area (Å²) < 4.78 is 0. The summed E-state index contributed by atoms with van der Waals surface area (Å²) in [6, 6.07) is 9.32. The van der Waals surface area contributed by atoms with Gasteiger partial charge in [-0.1, -0.05) is 0 Å². The van der Waals surface area contributed by atoms with Crippen LogP contribution in [0.1, 0.15) is 18.4 Å². The quantitative estimate of drug-likeness (QED) is 0.860. The third-order valence-electron chi connectivity index (χ3n) is 3.48. The number of aliphatic hydroxyl groups excluding tert-OH is 1. The molecular formula is C15H18N2O2S. The molecule has 20 heavy (non-hydrogen) atoms. The molecule has 1 aliphatic rings. The van der Waals surface area contributed by atoms with Gasteiger partial charge in [0.2, 0.25) is 5.91 Å². The number of hydrogen-bond acceptors (Lipinski definition) is 4. The minimum atomic E-state index is 0.123. The zero-order valence-corrected chi connectivity index (χ0v) is 12.1. The first-order chi connectivity index (χ1) is 9.72. The van der Waals surface area contributed by atoms with Crippen molar-refractivity contribution >= 4 is 17.7 Å². The SMILES string of the molecule is N#Cc1ccc(SCC(=O)N2CCCC(CO)C2)cc1. The molecule has 1 fully saturated rings. The second-order valence-corrected chi connectivity index (χ2v) is 6.00. The molecular weight excluding hydrogens is 272 g/mol. The molecule has 2 rings (SSSR count). The van der Waals surface area contributed by atoms with E-state index in [1.165, 1.54) is 11.8 Å². The van der Waals surface area contributed by atoms with E-state index in [1.54, 1.807) is 12.1 Å². The topological polar surface area (TPSA) is 64.3 Å². The summed E-state index contributed by atoms with van der Waals surface area (Å²) in [5, 5.41) is 17.9. The van der Waals surface area contributed by atoms with Crippen LogP contribution in [0.3, 0.4) is 0 Å². The van der Waals surface area contributed by atoms with Gasteiger partial charge in [0.1, 0.15) is 0 Å². The van der Waals surface area contributed by atoms with Crippen LogP contribution >= 0.6 is 11.8 Å². The number of amides is 1. The zero-order valence-electron chi connectivity index (χ0n) is 11.3. The van der Waals surface area contributed by atoms with E-state index in [0.29, 0.717) is 17.9 Å². The van der Waals surface area contributed by atoms with Crippen molar-refractivity contribution in [2.75, 3.05) is 25.4 Å². The van der Waals surface area contributed by atoms with Crippen LogP contribution in [0.4, 0.5) is 0 Å². The highest BCUT2D eigenvalue weighted by Crippen LogP contribution is 2.21. The first-order valence-corrected chi connectivity index (χ1v) is 7.73. The molecule has 1 atom stereocenters. The van der Waals surface area contributed by atoms with Gasteiger partial charge in [-0.15, -0.1) is 11.8 Å². The maximum atomic E-state index is 12.1. The molecule has 0 aliphatic carbocycles. The van der Waals surface area contributed by atoms with E-state index in [2.05, 4.69) is 6.07 Å². The van der Waals surface area contributed by atoms with Gasteiger partial charge < -0.3 is 10.0 Å². The number of likely N-dealkylation sites (tertiary alicyclic amines) is 1. The highest BCUT2D eigenvalue weighted by molar-refractivity contribution is 8.00. The van der Waals surface area contributed by atoms with Crippen LogP contribution in [0.5, 0.6) is 0 Å². The fraction of sp³-hybridized carbons (Fsp3) is 0.467. The summed E-state index contributed by atoms with van der Waals surface area (Å²) in [4.78, 5) is 15.0. The number of carbonyl (C=O) groups is 1. The van der Waals surface area contributed by atoms with Crippen molar-refractivity contribution in [2.45, 2.75) is 17.7 Å². The Kier molecular flexibility index (Phi) is 5.45. The summed E-state index contributed by atoms with van der Waals surface area (Å²) in [6.07, 6.45) is 1.97. The van der Waals surface area contributed by atoms with Gasteiger partial charge in [0.05, 0.1) is 17.4 Å². The lowest BCUT2D eigenvalue weighted by molar-refractivity contribution is -0.130. The van der Waals surface area contributed by atoms with Crippen LogP contribution in [-0.4, -0.2) is 41.4 Å². The van der Waals surface area contributed by atoms with Gasteiger partial charge in [0, 0.05) is 24.6 Å². The molecule has 1 aliphatic heterocycles. The van der Waals surface area contributed by atoms with E-state index < -0.39 is 0 Å². The molecule has 0 aromatic heterocycles. The highest BCUT2D eigenvalue weighted by Gasteiger charge is 2.22. The molecule has 106 valence electrons. The normalized spacial score (nSPS) is 18.6. The molecule has 1 saturated heterocycles. The molecule has 1 heterocycles. The number of aliphatic hydroxyl groups is 1. The minimum absolute atomic E-state index is 0.123. The number of benzene rings is 1. The lowest BCUT2D eigenvalue weighted by Crippen LogP contribution is -2.41. The van der Waals surface area contributed by atoms with Crippen molar-refractivity contribution < 1.29 is 9.90 Å². The Bertz CT molecular complexity index is 496. The molecule has 4 nitrogen and oxygen atoms in total. The van der Waals surface area contributed by atoms with E-state index in [9.17, 15) is 9.90 Å². The highest BCUT2D eigenvalue weighted by atomic mass is 32.2. The van der Waals surface area contributed by atoms with Crippen LogP contribution in [0.15, 0.2) is 29.2 Å². The largest absolute Gasteiger partial charge is 0.396 e. The summed E-state index contributed by atoms with van der Waals surface area (Å²) in [7, 11) is 0. The van der Waals surface area contributed by atoms with Crippen molar-refractivity contribution in [3.05, 3.63) is 29.8 Å². The van der Waals surface area contributed by atoms with Crippen molar-refractivity contribution in [1.82, 2.24) is 4.90 Å². The average molecular weight is 290 g/mol. The number of nitrogens with zero attached hydrogens (tertiary/aromatic N) is 2. The second kappa shape index (κ2) is 7.32. The number of piperidine rings is 1. The van der Waals surface area contributed by atoms with E-state index in [4.69, 9.17) is 5.26 Å². The fourth-order valence-corrected chi connectivity index (χ4v) is 3.10. The van der Waals surface area contributed by atoms with Gasteiger partial charge in [-0.05, 0) is 43.0 Å². The van der Waals surface area contributed by atoms with Crippen LogP contribution in [-0.2, 0) is 4.79 Å². The van der Waals surface area contributed by atoms with Gasteiger partial charge in [0.15, 0.2) is 0 Å². The lowest BCUT2D eigenvalue weighted by Gasteiger charge is -2.31. The monoisotopic (exact) mass is 290 g/mol. The summed E-state index contributed by atoms with van der Waals surface area (Å²) in [5.74, 6) is 0.759. The first kappa shape index (κ1) is 14.9. The molecule has 0 radical (unpaired) electrons. The Morgan fingerprint density at radius 2 is 2.20 bits per heavy atom. The van der Waals surface area contributed by atoms with E-state index in [1.807, 2.05) is 17.0 Å². The number of hydrogen-bond donors (Lipinski definition) is 1. The molecule has 1 aromatic carbocycles. The lowest BCUT2D eigenvalue weighted by atomic mass is 9.99. The van der Waals surface area contributed by atoms with E-state index in [0.717, 1.165) is 24.3 Å². The smallest absolute Gasteiger partial charge is 0.232 e. The maximum Gasteiger partial charge on any atom is 0.232 e. The van der Waals surface area contributed by atoms with Crippen LogP contribution < -0.4 is 0 Å². The van der Waals surface area contributed by atoms with Gasteiger partial charge in [-0.2, -0.15) is 5.26 Å². The Balaban J connectivity index is 1.83. The number of thioether (sulfide) groups is 1. The van der Waals surface area contributed by atoms with Crippen LogP contribution in [0.25, 0.3) is 0 Å². The van der Waals surface area contributed by atoms with Crippen molar-refractivity contribution in [3.63, 3.8) is 0 Å². The molecule has 0 spiro atoms. The standard InChI is InChI=1S/C15H18N2O2S/c16-8-12-3-5-14(6-4-12)20-11-15(19)17-7-1-2-13(9-17)10-18/h3-6,13,18H,1-2,7,9-11H2. The maximum absolute atomic E-state index is 12.1. The molecule has 1 N–H and O–H groups in total. The van der Waals surface area contributed by atoms with Gasteiger partial charge in [-0.3, -0.25) is 4.79 Å². The number of nitriles is 1. The minimum Gasteiger partial charge on any atom is -0.396 e. The first-order valence-electron chi connectivity index (χ1n) is 6.74. The van der Waals surface area contributed by atoms with Crippen LogP contribution in [0, 0.1) is 17.2 Å². The van der Waals surface area contributed by atoms with Crippen molar-refractivity contribution in [2.24, 2.45) is 5.92 Å². The number of rotatable bonds is 4.